The normalized spacial score (nSPS) is 11.0. The molecule has 0 radical (unpaired) electrons. The highest BCUT2D eigenvalue weighted by atomic mass is 32.2. The van der Waals surface area contributed by atoms with Crippen LogP contribution in [-0.2, 0) is 9.84 Å². The second kappa shape index (κ2) is 6.84. The second-order valence-corrected chi connectivity index (χ2v) is 7.31. The molecule has 0 aliphatic carbocycles. The smallest absolute Gasteiger partial charge is 0.208 e. The first-order chi connectivity index (χ1) is 10.9. The molecule has 0 aliphatic heterocycles. The maximum Gasteiger partial charge on any atom is 0.208 e. The maximum atomic E-state index is 12.9. The Balaban J connectivity index is 2.59. The fourth-order valence-corrected chi connectivity index (χ4v) is 3.91. The maximum absolute atomic E-state index is 12.9. The van der Waals surface area contributed by atoms with Crippen LogP contribution in [0.1, 0.15) is 30.0 Å². The van der Waals surface area contributed by atoms with Gasteiger partial charge in [-0.05, 0) is 55.7 Å². The first-order valence-corrected chi connectivity index (χ1v) is 8.87. The van der Waals surface area contributed by atoms with Crippen molar-refractivity contribution in [2.75, 3.05) is 6.61 Å². The van der Waals surface area contributed by atoms with Crippen molar-refractivity contribution in [2.24, 2.45) is 0 Å². The van der Waals surface area contributed by atoms with Gasteiger partial charge in [-0.1, -0.05) is 19.1 Å². The van der Waals surface area contributed by atoms with Crippen LogP contribution in [0.25, 0.3) is 0 Å². The number of hydrogen-bond donors (Lipinski definition) is 0. The molecule has 0 heterocycles. The van der Waals surface area contributed by atoms with Gasteiger partial charge in [-0.2, -0.15) is 5.26 Å². The van der Waals surface area contributed by atoms with Gasteiger partial charge in [-0.25, -0.2) is 8.42 Å². The summed E-state index contributed by atoms with van der Waals surface area (Å²) in [6.45, 7) is 6.05. The number of aryl methyl sites for hydroxylation is 2. The van der Waals surface area contributed by atoms with Gasteiger partial charge in [0.1, 0.15) is 11.8 Å². The van der Waals surface area contributed by atoms with Gasteiger partial charge in [0.2, 0.25) is 9.84 Å². The minimum atomic E-state index is -3.78. The summed E-state index contributed by atoms with van der Waals surface area (Å²) in [7, 11) is -3.78. The molecule has 0 amide bonds. The highest BCUT2D eigenvalue weighted by Crippen LogP contribution is 2.29. The number of ether oxygens (including phenoxy) is 1. The first kappa shape index (κ1) is 17.0. The Kier molecular flexibility index (Phi) is 5.07. The van der Waals surface area contributed by atoms with E-state index in [4.69, 9.17) is 4.74 Å². The third-order valence-electron chi connectivity index (χ3n) is 3.44. The lowest BCUT2D eigenvalue weighted by Gasteiger charge is -2.11. The molecule has 0 bridgehead atoms. The zero-order chi connectivity index (χ0) is 17.0. The van der Waals surface area contributed by atoms with Gasteiger partial charge in [0.05, 0.1) is 22.0 Å². The number of nitriles is 1. The Hall–Kier alpha value is -2.32. The van der Waals surface area contributed by atoms with E-state index in [9.17, 15) is 13.7 Å². The average Bonchev–Trinajstić information content (AvgIpc) is 2.52. The Bertz CT molecular complexity index is 864. The van der Waals surface area contributed by atoms with Crippen LogP contribution in [0.3, 0.4) is 0 Å². The summed E-state index contributed by atoms with van der Waals surface area (Å²) in [5.74, 6) is 0.525. The van der Waals surface area contributed by atoms with E-state index in [1.54, 1.807) is 31.2 Å². The van der Waals surface area contributed by atoms with E-state index in [2.05, 4.69) is 0 Å². The Morgan fingerprint density at radius 3 is 2.57 bits per heavy atom. The molecule has 0 fully saturated rings. The summed E-state index contributed by atoms with van der Waals surface area (Å²) in [4.78, 5) is 0.178. The molecule has 0 atom stereocenters. The molecule has 0 saturated carbocycles. The van der Waals surface area contributed by atoms with E-state index in [1.165, 1.54) is 12.1 Å². The van der Waals surface area contributed by atoms with Crippen molar-refractivity contribution < 1.29 is 13.2 Å². The third kappa shape index (κ3) is 3.54. The molecule has 0 saturated heterocycles. The van der Waals surface area contributed by atoms with Crippen molar-refractivity contribution in [3.8, 4) is 11.8 Å². The van der Waals surface area contributed by atoms with Crippen LogP contribution in [0.15, 0.2) is 46.2 Å². The molecule has 4 nitrogen and oxygen atoms in total. The largest absolute Gasteiger partial charge is 0.494 e. The summed E-state index contributed by atoms with van der Waals surface area (Å²) in [5, 5.41) is 9.30. The molecule has 2 aromatic rings. The van der Waals surface area contributed by atoms with Crippen molar-refractivity contribution in [3.05, 3.63) is 53.1 Å². The number of rotatable bonds is 5. The van der Waals surface area contributed by atoms with E-state index in [1.807, 2.05) is 19.9 Å². The van der Waals surface area contributed by atoms with E-state index < -0.39 is 9.84 Å². The number of benzene rings is 2. The van der Waals surface area contributed by atoms with Gasteiger partial charge < -0.3 is 4.74 Å². The number of sulfone groups is 1. The van der Waals surface area contributed by atoms with Crippen molar-refractivity contribution in [3.63, 3.8) is 0 Å². The number of hydrogen-bond acceptors (Lipinski definition) is 4. The lowest BCUT2D eigenvalue weighted by Crippen LogP contribution is -2.07. The Morgan fingerprint density at radius 1 is 1.17 bits per heavy atom. The van der Waals surface area contributed by atoms with Crippen LogP contribution >= 0.6 is 0 Å². The molecule has 0 aliphatic rings. The van der Waals surface area contributed by atoms with E-state index >= 15 is 0 Å². The summed E-state index contributed by atoms with van der Waals surface area (Å²) in [6.07, 6.45) is 0.840. The predicted molar refractivity (Wildman–Crippen MR) is 88.3 cm³/mol. The van der Waals surface area contributed by atoms with Crippen LogP contribution in [0, 0.1) is 25.2 Å². The Labute approximate surface area is 137 Å². The molecule has 120 valence electrons. The standard InChI is InChI=1S/C18H19NO3S/c1-4-8-22-15-9-13(2)10-16(11-15)23(20,21)18-7-5-6-14(3)17(18)12-19/h5-7,9-11H,4,8H2,1-3H3. The van der Waals surface area contributed by atoms with E-state index in [-0.39, 0.29) is 15.4 Å². The van der Waals surface area contributed by atoms with Crippen LogP contribution in [0.4, 0.5) is 0 Å². The lowest BCUT2D eigenvalue weighted by atomic mass is 10.1. The fraction of sp³-hybridized carbons (Fsp3) is 0.278. The summed E-state index contributed by atoms with van der Waals surface area (Å²) >= 11 is 0. The Morgan fingerprint density at radius 2 is 1.91 bits per heavy atom. The molecular formula is C18H19NO3S. The van der Waals surface area contributed by atoms with Crippen molar-refractivity contribution in [1.82, 2.24) is 0 Å². The number of nitrogens with zero attached hydrogens (tertiary/aromatic N) is 1. The minimum Gasteiger partial charge on any atom is -0.494 e. The predicted octanol–water partition coefficient (Wildman–Crippen LogP) is 3.80. The monoisotopic (exact) mass is 329 g/mol. The van der Waals surface area contributed by atoms with Gasteiger partial charge >= 0.3 is 0 Å². The quantitative estimate of drug-likeness (QED) is 0.837. The van der Waals surface area contributed by atoms with Gasteiger partial charge in [-0.15, -0.1) is 0 Å². The fourth-order valence-electron chi connectivity index (χ4n) is 2.31. The summed E-state index contributed by atoms with van der Waals surface area (Å²) in [5.41, 5.74) is 1.62. The van der Waals surface area contributed by atoms with Crippen molar-refractivity contribution >= 4 is 9.84 Å². The molecule has 23 heavy (non-hydrogen) atoms. The highest BCUT2D eigenvalue weighted by molar-refractivity contribution is 7.91. The van der Waals surface area contributed by atoms with E-state index in [0.717, 1.165) is 12.0 Å². The van der Waals surface area contributed by atoms with Gasteiger partial charge in [0.25, 0.3) is 0 Å². The molecule has 2 aromatic carbocycles. The SMILES string of the molecule is CCCOc1cc(C)cc(S(=O)(=O)c2cccc(C)c2C#N)c1. The van der Waals surface area contributed by atoms with Crippen LogP contribution in [-0.4, -0.2) is 15.0 Å². The van der Waals surface area contributed by atoms with E-state index in [0.29, 0.717) is 17.9 Å². The lowest BCUT2D eigenvalue weighted by molar-refractivity contribution is 0.316. The van der Waals surface area contributed by atoms with Gasteiger partial charge in [0, 0.05) is 0 Å². The van der Waals surface area contributed by atoms with Crippen LogP contribution in [0.5, 0.6) is 5.75 Å². The third-order valence-corrected chi connectivity index (χ3v) is 5.22. The van der Waals surface area contributed by atoms with Gasteiger partial charge in [0.15, 0.2) is 0 Å². The molecular weight excluding hydrogens is 310 g/mol. The second-order valence-electron chi connectivity index (χ2n) is 5.39. The van der Waals surface area contributed by atoms with Crippen molar-refractivity contribution in [1.29, 1.82) is 5.26 Å². The molecule has 0 spiro atoms. The highest BCUT2D eigenvalue weighted by Gasteiger charge is 2.23. The van der Waals surface area contributed by atoms with Crippen LogP contribution in [0.2, 0.25) is 0 Å². The molecule has 0 unspecified atom stereocenters. The van der Waals surface area contributed by atoms with Gasteiger partial charge in [-0.3, -0.25) is 0 Å². The molecule has 5 heteroatoms. The topological polar surface area (TPSA) is 67.2 Å². The van der Waals surface area contributed by atoms with Crippen LogP contribution < -0.4 is 4.74 Å². The minimum absolute atomic E-state index is 0.0343. The summed E-state index contributed by atoms with van der Waals surface area (Å²) < 4.78 is 31.4. The summed E-state index contributed by atoms with van der Waals surface area (Å²) in [6, 6.07) is 11.7. The zero-order valence-corrected chi connectivity index (χ0v) is 14.3. The average molecular weight is 329 g/mol. The zero-order valence-electron chi connectivity index (χ0n) is 13.5. The van der Waals surface area contributed by atoms with Crippen molar-refractivity contribution in [2.45, 2.75) is 37.0 Å². The first-order valence-electron chi connectivity index (χ1n) is 7.39. The molecule has 2 rings (SSSR count). The molecule has 0 aromatic heterocycles. The molecule has 0 N–H and O–H groups in total.